The van der Waals surface area contributed by atoms with Gasteiger partial charge >= 0.3 is 5.97 Å². The molecule has 0 aliphatic heterocycles. The predicted molar refractivity (Wildman–Crippen MR) is 90.8 cm³/mol. The molecule has 24 heavy (non-hydrogen) atoms. The predicted octanol–water partition coefficient (Wildman–Crippen LogP) is 3.76. The van der Waals surface area contributed by atoms with Crippen LogP contribution in [0.5, 0.6) is 0 Å². The van der Waals surface area contributed by atoms with Gasteiger partial charge in [-0.25, -0.2) is 14.3 Å². The van der Waals surface area contributed by atoms with Crippen molar-refractivity contribution >= 4 is 11.6 Å². The highest BCUT2D eigenvalue weighted by atomic mass is 16.4. The molecule has 0 aliphatic carbocycles. The molecule has 2 aromatic carbocycles. The molecule has 0 unspecified atom stereocenters. The Balaban J connectivity index is 2.02. The monoisotopic (exact) mass is 315 g/mol. The lowest BCUT2D eigenvalue weighted by Gasteiger charge is -2.06. The number of carbonyl (C=O) groups is 1. The minimum absolute atomic E-state index is 0.0843. The molecule has 1 N–H and O–H groups in total. The second-order valence-corrected chi connectivity index (χ2v) is 5.36. The molecule has 0 atom stereocenters. The van der Waals surface area contributed by atoms with E-state index in [2.05, 4.69) is 10.1 Å². The van der Waals surface area contributed by atoms with E-state index in [-0.39, 0.29) is 5.69 Å². The fourth-order valence-corrected chi connectivity index (χ4v) is 2.69. The van der Waals surface area contributed by atoms with Gasteiger partial charge in [-0.05, 0) is 11.6 Å². The highest BCUT2D eigenvalue weighted by Gasteiger charge is 2.17. The fraction of sp³-hybridized carbons (Fsp3) is 0. The third kappa shape index (κ3) is 2.32. The summed E-state index contributed by atoms with van der Waals surface area (Å²) in [6, 6.07) is 20.8. The number of carboxylic acid groups (broad SMARTS) is 1. The van der Waals surface area contributed by atoms with Crippen molar-refractivity contribution in [2.45, 2.75) is 0 Å². The van der Waals surface area contributed by atoms with Crippen LogP contribution in [0, 0.1) is 0 Å². The third-order valence-electron chi connectivity index (χ3n) is 3.85. The van der Waals surface area contributed by atoms with Crippen LogP contribution in [0.15, 0.2) is 72.9 Å². The molecule has 0 saturated heterocycles. The van der Waals surface area contributed by atoms with E-state index in [0.29, 0.717) is 11.3 Å². The normalized spacial score (nSPS) is 10.8. The van der Waals surface area contributed by atoms with Crippen molar-refractivity contribution in [3.63, 3.8) is 0 Å². The maximum Gasteiger partial charge on any atom is 0.354 e. The zero-order chi connectivity index (χ0) is 16.5. The Bertz CT molecular complexity index is 1020. The fourth-order valence-electron chi connectivity index (χ4n) is 2.69. The summed E-state index contributed by atoms with van der Waals surface area (Å²) in [5.41, 5.74) is 3.83. The molecule has 0 fully saturated rings. The topological polar surface area (TPSA) is 67.5 Å². The number of nitrogens with zero attached hydrogens (tertiary/aromatic N) is 3. The molecule has 2 heterocycles. The maximum atomic E-state index is 11.7. The molecule has 0 aliphatic rings. The van der Waals surface area contributed by atoms with E-state index in [1.54, 1.807) is 12.3 Å². The van der Waals surface area contributed by atoms with Crippen LogP contribution in [-0.2, 0) is 0 Å². The lowest BCUT2D eigenvalue weighted by molar-refractivity contribution is 0.0687. The molecule has 0 radical (unpaired) electrons. The first kappa shape index (κ1) is 14.1. The van der Waals surface area contributed by atoms with Crippen molar-refractivity contribution in [2.75, 3.05) is 0 Å². The highest BCUT2D eigenvalue weighted by Crippen LogP contribution is 2.27. The second kappa shape index (κ2) is 5.62. The van der Waals surface area contributed by atoms with Crippen molar-refractivity contribution in [1.29, 1.82) is 0 Å². The Morgan fingerprint density at radius 2 is 1.54 bits per heavy atom. The zero-order valence-electron chi connectivity index (χ0n) is 12.6. The summed E-state index contributed by atoms with van der Waals surface area (Å²) in [6.45, 7) is 0. The number of aromatic nitrogens is 3. The number of rotatable bonds is 3. The number of hydrogen-bond acceptors (Lipinski definition) is 3. The van der Waals surface area contributed by atoms with E-state index in [9.17, 15) is 9.90 Å². The molecule has 4 aromatic rings. The molecule has 4 rings (SSSR count). The van der Waals surface area contributed by atoms with Gasteiger partial charge in [0, 0.05) is 11.1 Å². The van der Waals surface area contributed by atoms with Gasteiger partial charge in [0.1, 0.15) is 0 Å². The lowest BCUT2D eigenvalue weighted by Crippen LogP contribution is -2.08. The quantitative estimate of drug-likeness (QED) is 0.625. The average Bonchev–Trinajstić information content (AvgIpc) is 3.06. The van der Waals surface area contributed by atoms with Gasteiger partial charge in [-0.3, -0.25) is 0 Å². The Kier molecular flexibility index (Phi) is 3.31. The van der Waals surface area contributed by atoms with Gasteiger partial charge in [-0.15, -0.1) is 0 Å². The highest BCUT2D eigenvalue weighted by molar-refractivity contribution is 5.90. The van der Waals surface area contributed by atoms with Crippen LogP contribution < -0.4 is 0 Å². The van der Waals surface area contributed by atoms with Gasteiger partial charge in [-0.2, -0.15) is 5.10 Å². The van der Waals surface area contributed by atoms with Crippen molar-refractivity contribution in [1.82, 2.24) is 14.6 Å². The van der Waals surface area contributed by atoms with E-state index >= 15 is 0 Å². The van der Waals surface area contributed by atoms with E-state index in [4.69, 9.17) is 0 Å². The molecule has 2 aromatic heterocycles. The maximum absolute atomic E-state index is 11.7. The van der Waals surface area contributed by atoms with Gasteiger partial charge in [0.05, 0.1) is 11.9 Å². The molecule has 0 bridgehead atoms. The standard InChI is InChI=1S/C19H13N3O2/c23-19(24)17-11-16(14-9-5-2-6-10-14)21-18-15(12-20-22(17)18)13-7-3-1-4-8-13/h1-12H,(H,23,24). The van der Waals surface area contributed by atoms with Crippen LogP contribution in [-0.4, -0.2) is 25.7 Å². The summed E-state index contributed by atoms with van der Waals surface area (Å²) < 4.78 is 1.37. The minimum Gasteiger partial charge on any atom is -0.477 e. The Morgan fingerprint density at radius 1 is 0.917 bits per heavy atom. The SMILES string of the molecule is O=C(O)c1cc(-c2ccccc2)nc2c(-c3ccccc3)cnn12. The Morgan fingerprint density at radius 3 is 2.17 bits per heavy atom. The zero-order valence-corrected chi connectivity index (χ0v) is 12.6. The molecule has 5 nitrogen and oxygen atoms in total. The Labute approximate surface area is 137 Å². The molecular formula is C19H13N3O2. The second-order valence-electron chi connectivity index (χ2n) is 5.36. The molecule has 0 spiro atoms. The van der Waals surface area contributed by atoms with Crippen LogP contribution in [0.25, 0.3) is 28.0 Å². The number of carboxylic acids is 1. The molecule has 0 amide bonds. The van der Waals surface area contributed by atoms with Gasteiger partial charge in [0.25, 0.3) is 0 Å². The average molecular weight is 315 g/mol. The summed E-state index contributed by atoms with van der Waals surface area (Å²) in [5, 5.41) is 13.8. The van der Waals surface area contributed by atoms with Crippen LogP contribution in [0.4, 0.5) is 0 Å². The van der Waals surface area contributed by atoms with E-state index in [1.807, 2.05) is 60.7 Å². The Hall–Kier alpha value is -3.47. The first-order valence-electron chi connectivity index (χ1n) is 7.47. The van der Waals surface area contributed by atoms with E-state index in [1.165, 1.54) is 4.52 Å². The summed E-state index contributed by atoms with van der Waals surface area (Å²) in [4.78, 5) is 16.3. The van der Waals surface area contributed by atoms with Gasteiger partial charge < -0.3 is 5.11 Å². The van der Waals surface area contributed by atoms with Gasteiger partial charge in [-0.1, -0.05) is 60.7 Å². The van der Waals surface area contributed by atoms with Crippen molar-refractivity contribution in [2.24, 2.45) is 0 Å². The molecule has 0 saturated carbocycles. The van der Waals surface area contributed by atoms with Crippen LogP contribution in [0.3, 0.4) is 0 Å². The van der Waals surface area contributed by atoms with Gasteiger partial charge in [0.2, 0.25) is 0 Å². The molecular weight excluding hydrogens is 302 g/mol. The first-order chi connectivity index (χ1) is 11.7. The summed E-state index contributed by atoms with van der Waals surface area (Å²) in [5.74, 6) is -1.04. The number of fused-ring (bicyclic) bond motifs is 1. The molecule has 116 valence electrons. The minimum atomic E-state index is -1.04. The number of hydrogen-bond donors (Lipinski definition) is 1. The van der Waals surface area contributed by atoms with Crippen LogP contribution in [0.1, 0.15) is 10.5 Å². The summed E-state index contributed by atoms with van der Waals surface area (Å²) in [6.07, 6.45) is 1.65. The van der Waals surface area contributed by atoms with E-state index in [0.717, 1.165) is 16.7 Å². The van der Waals surface area contributed by atoms with Crippen molar-refractivity contribution < 1.29 is 9.90 Å². The summed E-state index contributed by atoms with van der Waals surface area (Å²) in [7, 11) is 0. The third-order valence-corrected chi connectivity index (χ3v) is 3.85. The van der Waals surface area contributed by atoms with Crippen molar-refractivity contribution in [3.8, 4) is 22.4 Å². The largest absolute Gasteiger partial charge is 0.477 e. The van der Waals surface area contributed by atoms with Crippen LogP contribution >= 0.6 is 0 Å². The van der Waals surface area contributed by atoms with Gasteiger partial charge in [0.15, 0.2) is 11.3 Å². The molecule has 5 heteroatoms. The lowest BCUT2D eigenvalue weighted by atomic mass is 10.1. The van der Waals surface area contributed by atoms with Crippen molar-refractivity contribution in [3.05, 3.63) is 78.6 Å². The van der Waals surface area contributed by atoms with Crippen LogP contribution in [0.2, 0.25) is 0 Å². The number of aromatic carboxylic acids is 1. The number of benzene rings is 2. The smallest absolute Gasteiger partial charge is 0.354 e. The summed E-state index contributed by atoms with van der Waals surface area (Å²) >= 11 is 0. The van der Waals surface area contributed by atoms with E-state index < -0.39 is 5.97 Å². The first-order valence-corrected chi connectivity index (χ1v) is 7.47.